The molecule has 0 saturated heterocycles. The second kappa shape index (κ2) is 6.41. The Balaban J connectivity index is 3.27. The molecule has 0 radical (unpaired) electrons. The number of hydrogen-bond donors (Lipinski definition) is 2. The largest absolute Gasteiger partial charge is 0.405 e. The standard InChI is InChI=1S/C13H17F4NO2/c1-8-5-12(10(9(2)20)6-11(8)14)18(3-4-19)7-13(15,16)17/h5-6,9,19-20H,3-4,7H2,1-2H3. The molecule has 0 heterocycles. The van der Waals surface area contributed by atoms with E-state index in [1.807, 2.05) is 0 Å². The number of aliphatic hydroxyl groups is 2. The van der Waals surface area contributed by atoms with Gasteiger partial charge in [0.1, 0.15) is 12.4 Å². The maximum atomic E-state index is 13.5. The summed E-state index contributed by atoms with van der Waals surface area (Å²) in [4.78, 5) is 0.883. The molecule has 0 bridgehead atoms. The van der Waals surface area contributed by atoms with Gasteiger partial charge in [-0.3, -0.25) is 0 Å². The van der Waals surface area contributed by atoms with Crippen molar-refractivity contribution in [2.45, 2.75) is 26.1 Å². The van der Waals surface area contributed by atoms with Gasteiger partial charge in [-0.15, -0.1) is 0 Å². The van der Waals surface area contributed by atoms with Crippen LogP contribution in [0.3, 0.4) is 0 Å². The summed E-state index contributed by atoms with van der Waals surface area (Å²) in [5.74, 6) is -0.597. The molecule has 0 aromatic heterocycles. The molecule has 7 heteroatoms. The minimum atomic E-state index is -4.46. The molecule has 20 heavy (non-hydrogen) atoms. The summed E-state index contributed by atoms with van der Waals surface area (Å²) in [6.45, 7) is 0.752. The Hall–Kier alpha value is -1.34. The number of anilines is 1. The molecule has 0 spiro atoms. The van der Waals surface area contributed by atoms with Crippen molar-refractivity contribution in [1.29, 1.82) is 0 Å². The van der Waals surface area contributed by atoms with Crippen LogP contribution in [0.1, 0.15) is 24.2 Å². The highest BCUT2D eigenvalue weighted by Crippen LogP contribution is 2.31. The highest BCUT2D eigenvalue weighted by Gasteiger charge is 2.32. The molecule has 0 aliphatic heterocycles. The first-order valence-corrected chi connectivity index (χ1v) is 6.06. The molecule has 1 aromatic rings. The van der Waals surface area contributed by atoms with Gasteiger partial charge in [0.05, 0.1) is 12.7 Å². The minimum Gasteiger partial charge on any atom is -0.395 e. The smallest absolute Gasteiger partial charge is 0.395 e. The topological polar surface area (TPSA) is 43.7 Å². The lowest BCUT2D eigenvalue weighted by Crippen LogP contribution is -2.37. The van der Waals surface area contributed by atoms with Gasteiger partial charge in [0.25, 0.3) is 0 Å². The van der Waals surface area contributed by atoms with Crippen LogP contribution in [-0.4, -0.2) is 36.1 Å². The molecule has 3 nitrogen and oxygen atoms in total. The molecule has 0 aliphatic rings. The normalized spacial score (nSPS) is 13.4. The van der Waals surface area contributed by atoms with Gasteiger partial charge in [-0.1, -0.05) is 0 Å². The number of hydrogen-bond acceptors (Lipinski definition) is 3. The number of nitrogens with zero attached hydrogens (tertiary/aromatic N) is 1. The Morgan fingerprint density at radius 3 is 2.35 bits per heavy atom. The van der Waals surface area contributed by atoms with E-state index in [9.17, 15) is 22.7 Å². The van der Waals surface area contributed by atoms with E-state index in [0.717, 1.165) is 11.0 Å². The van der Waals surface area contributed by atoms with E-state index >= 15 is 0 Å². The average molecular weight is 295 g/mol. The Morgan fingerprint density at radius 2 is 1.90 bits per heavy atom. The number of halogens is 4. The fraction of sp³-hybridized carbons (Fsp3) is 0.538. The Morgan fingerprint density at radius 1 is 1.30 bits per heavy atom. The van der Waals surface area contributed by atoms with Crippen LogP contribution in [-0.2, 0) is 0 Å². The lowest BCUT2D eigenvalue weighted by molar-refractivity contribution is -0.119. The molecule has 0 saturated carbocycles. The Labute approximate surface area is 114 Å². The van der Waals surface area contributed by atoms with E-state index in [0.29, 0.717) is 0 Å². The zero-order valence-corrected chi connectivity index (χ0v) is 11.2. The summed E-state index contributed by atoms with van der Waals surface area (Å²) in [5.41, 5.74) is 0.311. The predicted molar refractivity (Wildman–Crippen MR) is 67.1 cm³/mol. The first kappa shape index (κ1) is 16.7. The van der Waals surface area contributed by atoms with Gasteiger partial charge in [0.2, 0.25) is 0 Å². The zero-order valence-electron chi connectivity index (χ0n) is 11.2. The number of rotatable bonds is 5. The second-order valence-electron chi connectivity index (χ2n) is 4.60. The molecular weight excluding hydrogens is 278 g/mol. The molecule has 1 aromatic carbocycles. The third-order valence-electron chi connectivity index (χ3n) is 2.84. The first-order chi connectivity index (χ1) is 9.15. The average Bonchev–Trinajstić information content (AvgIpc) is 2.29. The number of aliphatic hydroxyl groups excluding tert-OH is 2. The molecule has 1 rings (SSSR count). The van der Waals surface area contributed by atoms with Crippen molar-refractivity contribution in [1.82, 2.24) is 0 Å². The maximum absolute atomic E-state index is 13.5. The lowest BCUT2D eigenvalue weighted by Gasteiger charge is -2.28. The monoisotopic (exact) mass is 295 g/mol. The molecule has 2 N–H and O–H groups in total. The minimum absolute atomic E-state index is 0.0609. The molecule has 1 unspecified atom stereocenters. The highest BCUT2D eigenvalue weighted by atomic mass is 19.4. The SMILES string of the molecule is Cc1cc(N(CCO)CC(F)(F)F)c(C(C)O)cc1F. The second-order valence-corrected chi connectivity index (χ2v) is 4.60. The van der Waals surface area contributed by atoms with E-state index in [4.69, 9.17) is 5.11 Å². The molecule has 1 atom stereocenters. The van der Waals surface area contributed by atoms with Crippen LogP contribution in [0, 0.1) is 12.7 Å². The van der Waals surface area contributed by atoms with Gasteiger partial charge in [-0.05, 0) is 31.5 Å². The Kier molecular flexibility index (Phi) is 5.35. The maximum Gasteiger partial charge on any atom is 0.405 e. The number of benzene rings is 1. The van der Waals surface area contributed by atoms with Gasteiger partial charge in [0, 0.05) is 17.8 Å². The van der Waals surface area contributed by atoms with Crippen LogP contribution in [0.5, 0.6) is 0 Å². The molecule has 0 amide bonds. The van der Waals surface area contributed by atoms with Crippen molar-refractivity contribution in [2.75, 3.05) is 24.6 Å². The van der Waals surface area contributed by atoms with Crippen molar-refractivity contribution in [3.63, 3.8) is 0 Å². The van der Waals surface area contributed by atoms with E-state index in [-0.39, 0.29) is 23.4 Å². The van der Waals surface area contributed by atoms with Gasteiger partial charge >= 0.3 is 6.18 Å². The molecule has 0 fully saturated rings. The van der Waals surface area contributed by atoms with Crippen molar-refractivity contribution in [2.24, 2.45) is 0 Å². The Bertz CT molecular complexity index is 460. The quantitative estimate of drug-likeness (QED) is 0.821. The van der Waals surface area contributed by atoms with Crippen LogP contribution in [0.25, 0.3) is 0 Å². The van der Waals surface area contributed by atoms with Crippen LogP contribution in [0.2, 0.25) is 0 Å². The van der Waals surface area contributed by atoms with E-state index in [1.165, 1.54) is 19.9 Å². The van der Waals surface area contributed by atoms with Crippen LogP contribution in [0.15, 0.2) is 12.1 Å². The lowest BCUT2D eigenvalue weighted by atomic mass is 10.0. The first-order valence-electron chi connectivity index (χ1n) is 6.06. The summed E-state index contributed by atoms with van der Waals surface area (Å²) < 4.78 is 51.2. The van der Waals surface area contributed by atoms with Crippen molar-refractivity contribution < 1.29 is 27.8 Å². The van der Waals surface area contributed by atoms with Crippen molar-refractivity contribution in [3.8, 4) is 0 Å². The van der Waals surface area contributed by atoms with Crippen LogP contribution < -0.4 is 4.90 Å². The van der Waals surface area contributed by atoms with Crippen molar-refractivity contribution in [3.05, 3.63) is 29.1 Å². The number of alkyl halides is 3. The summed E-state index contributed by atoms with van der Waals surface area (Å²) in [5, 5.41) is 18.5. The van der Waals surface area contributed by atoms with Gasteiger partial charge < -0.3 is 15.1 Å². The van der Waals surface area contributed by atoms with Crippen LogP contribution in [0.4, 0.5) is 23.2 Å². The van der Waals surface area contributed by atoms with Crippen LogP contribution >= 0.6 is 0 Å². The molecule has 114 valence electrons. The van der Waals surface area contributed by atoms with E-state index in [1.54, 1.807) is 0 Å². The van der Waals surface area contributed by atoms with Gasteiger partial charge in [-0.2, -0.15) is 13.2 Å². The third-order valence-corrected chi connectivity index (χ3v) is 2.84. The molecular formula is C13H17F4NO2. The van der Waals surface area contributed by atoms with E-state index < -0.39 is 31.2 Å². The fourth-order valence-corrected chi connectivity index (χ4v) is 1.91. The van der Waals surface area contributed by atoms with Crippen molar-refractivity contribution >= 4 is 5.69 Å². The summed E-state index contributed by atoms with van der Waals surface area (Å²) in [7, 11) is 0. The zero-order chi connectivity index (χ0) is 15.5. The summed E-state index contributed by atoms with van der Waals surface area (Å²) >= 11 is 0. The van der Waals surface area contributed by atoms with Gasteiger partial charge in [0.15, 0.2) is 0 Å². The summed E-state index contributed by atoms with van der Waals surface area (Å²) in [6, 6.07) is 2.27. The fourth-order valence-electron chi connectivity index (χ4n) is 1.91. The number of aryl methyl sites for hydroxylation is 1. The third kappa shape index (κ3) is 4.35. The van der Waals surface area contributed by atoms with Gasteiger partial charge in [-0.25, -0.2) is 4.39 Å². The highest BCUT2D eigenvalue weighted by molar-refractivity contribution is 5.57. The predicted octanol–water partition coefficient (Wildman–Crippen LogP) is 2.55. The van der Waals surface area contributed by atoms with E-state index in [2.05, 4.69) is 0 Å². The summed E-state index contributed by atoms with van der Waals surface area (Å²) in [6.07, 6.45) is -5.58. The molecule has 0 aliphatic carbocycles.